The number of methoxy groups -OCH3 is 1. The molecule has 0 aromatic heterocycles. The summed E-state index contributed by atoms with van der Waals surface area (Å²) in [6.45, 7) is -0.278. The molecule has 10 heteroatoms. The summed E-state index contributed by atoms with van der Waals surface area (Å²) >= 11 is 0. The fourth-order valence-corrected chi connectivity index (χ4v) is 2.11. The summed E-state index contributed by atoms with van der Waals surface area (Å²) in [5.74, 6) is -1.64. The van der Waals surface area contributed by atoms with E-state index in [9.17, 15) is 24.8 Å². The van der Waals surface area contributed by atoms with Crippen LogP contribution in [0.4, 0.5) is 5.69 Å². The number of carbonyl (C=O) groups is 2. The number of phenolic OH excluding ortho intramolecular Hbond substituents is 1. The second-order valence-corrected chi connectivity index (χ2v) is 5.46. The first-order valence-corrected chi connectivity index (χ1v) is 7.94. The van der Waals surface area contributed by atoms with Gasteiger partial charge in [0, 0.05) is 17.7 Å². The van der Waals surface area contributed by atoms with Crippen LogP contribution in [-0.2, 0) is 4.79 Å². The van der Waals surface area contributed by atoms with E-state index in [4.69, 9.17) is 10.8 Å². The minimum atomic E-state index is -0.968. The van der Waals surface area contributed by atoms with E-state index in [1.807, 2.05) is 0 Å². The fraction of sp³-hybridized carbons (Fsp3) is 0.500. The van der Waals surface area contributed by atoms with Crippen LogP contribution in [0.25, 0.3) is 0 Å². The fourth-order valence-electron chi connectivity index (χ4n) is 2.11. The van der Waals surface area contributed by atoms with Gasteiger partial charge in [0.15, 0.2) is 5.75 Å². The lowest BCUT2D eigenvalue weighted by molar-refractivity contribution is -0.386. The molecule has 26 heavy (non-hydrogen) atoms. The lowest BCUT2D eigenvalue weighted by atomic mass is 9.97. The van der Waals surface area contributed by atoms with Crippen molar-refractivity contribution in [2.45, 2.75) is 38.1 Å². The highest BCUT2D eigenvalue weighted by Crippen LogP contribution is 2.36. The number of nitrogens with two attached hydrogens (primary N) is 2. The van der Waals surface area contributed by atoms with E-state index in [1.165, 1.54) is 45.3 Å². The van der Waals surface area contributed by atoms with Gasteiger partial charge in [0.2, 0.25) is 5.75 Å². The van der Waals surface area contributed by atoms with E-state index in [0.29, 0.717) is 12.3 Å². The zero-order chi connectivity index (χ0) is 20.1. The van der Waals surface area contributed by atoms with Crippen molar-refractivity contribution in [2.75, 3.05) is 13.7 Å². The van der Waals surface area contributed by atoms with Crippen molar-refractivity contribution in [1.82, 2.24) is 0 Å². The average Bonchev–Trinajstić information content (AvgIpc) is 2.63. The second kappa shape index (κ2) is 12.6. The number of nitrogens with zero attached hydrogens (tertiary/aromatic N) is 1. The molecule has 0 saturated heterocycles. The van der Waals surface area contributed by atoms with E-state index in [2.05, 4.69) is 10.5 Å². The van der Waals surface area contributed by atoms with Gasteiger partial charge in [0.05, 0.1) is 18.6 Å². The molecular formula is C16H25N3O7. The first-order valence-electron chi connectivity index (χ1n) is 7.94. The molecular weight excluding hydrogens is 346 g/mol. The number of carboxylic acids is 1. The van der Waals surface area contributed by atoms with Gasteiger partial charge in [-0.1, -0.05) is 19.3 Å². The molecule has 1 fully saturated rings. The van der Waals surface area contributed by atoms with Crippen molar-refractivity contribution >= 4 is 17.9 Å². The number of nitro groups is 1. The normalized spacial score (nSPS) is 13.3. The Morgan fingerprint density at radius 2 is 1.92 bits per heavy atom. The number of hydrogen-bond acceptors (Lipinski definition) is 8. The number of nitro benzene ring substituents is 1. The van der Waals surface area contributed by atoms with Gasteiger partial charge in [-0.2, -0.15) is 0 Å². The van der Waals surface area contributed by atoms with Crippen molar-refractivity contribution in [1.29, 1.82) is 0 Å². The Bertz CT molecular complexity index is 602. The minimum absolute atomic E-state index is 0.0753. The van der Waals surface area contributed by atoms with Crippen molar-refractivity contribution in [3.05, 3.63) is 27.8 Å². The molecule has 1 aromatic carbocycles. The Balaban J connectivity index is 0.000000431. The van der Waals surface area contributed by atoms with Crippen LogP contribution in [0.1, 0.15) is 42.5 Å². The molecule has 1 aromatic rings. The molecule has 6 N–H and O–H groups in total. The van der Waals surface area contributed by atoms with Gasteiger partial charge in [0.1, 0.15) is 6.29 Å². The largest absolute Gasteiger partial charge is 0.500 e. The Labute approximate surface area is 150 Å². The lowest BCUT2D eigenvalue weighted by Gasteiger charge is -2.15. The van der Waals surface area contributed by atoms with Crippen LogP contribution < -0.4 is 16.2 Å². The van der Waals surface area contributed by atoms with Crippen LogP contribution in [0.15, 0.2) is 12.1 Å². The van der Waals surface area contributed by atoms with Gasteiger partial charge in [-0.05, 0) is 18.9 Å². The zero-order valence-corrected chi connectivity index (χ0v) is 14.6. The molecule has 1 saturated carbocycles. The smallest absolute Gasteiger partial charge is 0.317 e. The number of aliphatic carboxylic acids is 1. The Hall–Kier alpha value is -2.72. The molecule has 146 valence electrons. The maximum atomic E-state index is 10.4. The second-order valence-electron chi connectivity index (χ2n) is 5.46. The van der Waals surface area contributed by atoms with Crippen molar-refractivity contribution in [3.8, 4) is 11.5 Å². The Kier molecular flexibility index (Phi) is 11.3. The first kappa shape index (κ1) is 23.3. The van der Waals surface area contributed by atoms with Crippen LogP contribution in [0.3, 0.4) is 0 Å². The average molecular weight is 371 g/mol. The molecule has 1 aliphatic rings. The SMILES string of the molecule is COc1cc(C=O)cc([N+](=O)[O-])c1O.NC1CCCCC1.NCC(=O)O. The van der Waals surface area contributed by atoms with Gasteiger partial charge >= 0.3 is 11.7 Å². The summed E-state index contributed by atoms with van der Waals surface area (Å²) in [5.41, 5.74) is 9.73. The summed E-state index contributed by atoms with van der Waals surface area (Å²) < 4.78 is 4.66. The summed E-state index contributed by atoms with van der Waals surface area (Å²) in [6, 6.07) is 2.73. The third-order valence-electron chi connectivity index (χ3n) is 3.45. The van der Waals surface area contributed by atoms with Gasteiger partial charge in [-0.25, -0.2) is 0 Å². The van der Waals surface area contributed by atoms with Gasteiger partial charge in [-0.3, -0.25) is 19.7 Å². The third kappa shape index (κ3) is 8.94. The summed E-state index contributed by atoms with van der Waals surface area (Å²) in [7, 11) is 1.24. The van der Waals surface area contributed by atoms with Crippen LogP contribution in [-0.4, -0.2) is 47.1 Å². The maximum Gasteiger partial charge on any atom is 0.317 e. The van der Waals surface area contributed by atoms with E-state index in [1.54, 1.807) is 0 Å². The van der Waals surface area contributed by atoms with Crippen molar-refractivity contribution in [3.63, 3.8) is 0 Å². The Morgan fingerprint density at radius 1 is 1.38 bits per heavy atom. The molecule has 0 unspecified atom stereocenters. The minimum Gasteiger partial charge on any atom is -0.500 e. The highest BCUT2D eigenvalue weighted by Gasteiger charge is 2.19. The summed E-state index contributed by atoms with van der Waals surface area (Å²) in [4.78, 5) is 29.3. The number of phenols is 1. The van der Waals surface area contributed by atoms with E-state index < -0.39 is 22.3 Å². The van der Waals surface area contributed by atoms with Crippen LogP contribution in [0, 0.1) is 10.1 Å². The molecule has 2 rings (SSSR count). The monoisotopic (exact) mass is 371 g/mol. The highest BCUT2D eigenvalue weighted by molar-refractivity contribution is 5.79. The number of carboxylic acid groups (broad SMARTS) is 1. The molecule has 0 spiro atoms. The number of aromatic hydroxyl groups is 1. The van der Waals surface area contributed by atoms with Crippen molar-refractivity contribution in [2.24, 2.45) is 11.5 Å². The number of hydrogen-bond donors (Lipinski definition) is 4. The van der Waals surface area contributed by atoms with Crippen LogP contribution >= 0.6 is 0 Å². The van der Waals surface area contributed by atoms with Crippen molar-refractivity contribution < 1.29 is 29.5 Å². The number of rotatable bonds is 4. The predicted octanol–water partition coefficient (Wildman–Crippen LogP) is 1.43. The standard InChI is InChI=1S/C8H7NO5.C6H13N.C2H5NO2/c1-14-7-3-5(4-10)2-6(8(7)11)9(12)13;7-6-4-2-1-3-5-6;3-1-2(4)5/h2-4,11H,1H3;6H,1-5,7H2;1,3H2,(H,4,5). The molecule has 0 radical (unpaired) electrons. The van der Waals surface area contributed by atoms with E-state index >= 15 is 0 Å². The molecule has 0 bridgehead atoms. The third-order valence-corrected chi connectivity index (χ3v) is 3.45. The molecule has 0 amide bonds. The molecule has 0 atom stereocenters. The topological polar surface area (TPSA) is 179 Å². The number of ether oxygens (including phenoxy) is 1. The molecule has 1 aliphatic carbocycles. The summed E-state index contributed by atoms with van der Waals surface area (Å²) in [5, 5.41) is 27.3. The number of carbonyl (C=O) groups excluding carboxylic acids is 1. The maximum absolute atomic E-state index is 10.4. The quantitative estimate of drug-likeness (QED) is 0.346. The lowest BCUT2D eigenvalue weighted by Crippen LogP contribution is -2.22. The van der Waals surface area contributed by atoms with Crippen LogP contribution in [0.2, 0.25) is 0 Å². The molecule has 10 nitrogen and oxygen atoms in total. The first-order chi connectivity index (χ1) is 12.3. The van der Waals surface area contributed by atoms with E-state index in [0.717, 1.165) is 6.07 Å². The van der Waals surface area contributed by atoms with Gasteiger partial charge in [0.25, 0.3) is 0 Å². The number of aldehydes is 1. The van der Waals surface area contributed by atoms with E-state index in [-0.39, 0.29) is 17.9 Å². The molecule has 0 aliphatic heterocycles. The molecule has 0 heterocycles. The zero-order valence-electron chi connectivity index (χ0n) is 14.6. The number of benzene rings is 1. The highest BCUT2D eigenvalue weighted by atomic mass is 16.6. The predicted molar refractivity (Wildman–Crippen MR) is 94.5 cm³/mol. The van der Waals surface area contributed by atoms with Gasteiger partial charge in [-0.15, -0.1) is 0 Å². The summed E-state index contributed by atoms with van der Waals surface area (Å²) in [6.07, 6.45) is 7.10. The Morgan fingerprint density at radius 3 is 2.23 bits per heavy atom. The van der Waals surface area contributed by atoms with Gasteiger partial charge < -0.3 is 26.4 Å². The van der Waals surface area contributed by atoms with Crippen LogP contribution in [0.5, 0.6) is 11.5 Å².